The lowest BCUT2D eigenvalue weighted by Crippen LogP contribution is -2.29. The van der Waals surface area contributed by atoms with Crippen molar-refractivity contribution < 1.29 is 4.79 Å². The molecular formula is C16H20N4O. The van der Waals surface area contributed by atoms with Gasteiger partial charge in [0.2, 0.25) is 0 Å². The molecule has 0 atom stereocenters. The predicted octanol–water partition coefficient (Wildman–Crippen LogP) is 2.37. The van der Waals surface area contributed by atoms with Crippen molar-refractivity contribution in [2.75, 3.05) is 18.4 Å². The molecular weight excluding hydrogens is 264 g/mol. The molecule has 3 rings (SSSR count). The number of rotatable bonds is 3. The second kappa shape index (κ2) is 6.10. The maximum absolute atomic E-state index is 12.2. The van der Waals surface area contributed by atoms with E-state index in [9.17, 15) is 4.79 Å². The quantitative estimate of drug-likeness (QED) is 0.909. The highest BCUT2D eigenvalue weighted by Gasteiger charge is 2.16. The number of carbonyl (C=O) groups excluding carboxylic acids is 1. The van der Waals surface area contributed by atoms with Gasteiger partial charge in [-0.15, -0.1) is 0 Å². The molecule has 1 fully saturated rings. The molecule has 0 radical (unpaired) electrons. The molecule has 5 heteroatoms. The van der Waals surface area contributed by atoms with Gasteiger partial charge >= 0.3 is 0 Å². The number of nitrogens with zero attached hydrogens (tertiary/aromatic N) is 2. The average Bonchev–Trinajstić information content (AvgIpc) is 2.97. The van der Waals surface area contributed by atoms with E-state index in [1.165, 1.54) is 0 Å². The van der Waals surface area contributed by atoms with Gasteiger partial charge in [0.1, 0.15) is 0 Å². The second-order valence-corrected chi connectivity index (χ2v) is 5.51. The van der Waals surface area contributed by atoms with Crippen LogP contribution in [0.2, 0.25) is 0 Å². The Hall–Kier alpha value is -2.14. The van der Waals surface area contributed by atoms with Crippen LogP contribution in [0.3, 0.4) is 0 Å². The fourth-order valence-corrected chi connectivity index (χ4v) is 2.58. The molecule has 1 aliphatic heterocycles. The Balaban J connectivity index is 1.66. The van der Waals surface area contributed by atoms with Gasteiger partial charge in [-0.25, -0.2) is 0 Å². The zero-order chi connectivity index (χ0) is 14.7. The highest BCUT2D eigenvalue weighted by Crippen LogP contribution is 2.19. The molecule has 5 nitrogen and oxygen atoms in total. The van der Waals surface area contributed by atoms with Crippen molar-refractivity contribution in [3.05, 3.63) is 47.8 Å². The number of aryl methyl sites for hydroxylation is 1. The summed E-state index contributed by atoms with van der Waals surface area (Å²) in [4.78, 5) is 12.2. The van der Waals surface area contributed by atoms with Crippen LogP contribution >= 0.6 is 0 Å². The number of benzene rings is 1. The minimum atomic E-state index is -0.0974. The lowest BCUT2D eigenvalue weighted by molar-refractivity contribution is 0.102. The largest absolute Gasteiger partial charge is 0.319 e. The number of amides is 1. The number of piperidine rings is 1. The first-order valence-electron chi connectivity index (χ1n) is 7.35. The average molecular weight is 284 g/mol. The van der Waals surface area contributed by atoms with Crippen LogP contribution in [0.25, 0.3) is 0 Å². The smallest absolute Gasteiger partial charge is 0.255 e. The van der Waals surface area contributed by atoms with Crippen LogP contribution in [0, 0.1) is 6.92 Å². The normalized spacial score (nSPS) is 15.9. The van der Waals surface area contributed by atoms with Gasteiger partial charge < -0.3 is 10.6 Å². The zero-order valence-electron chi connectivity index (χ0n) is 12.2. The molecule has 1 aromatic carbocycles. The van der Waals surface area contributed by atoms with Crippen molar-refractivity contribution in [3.8, 4) is 0 Å². The Labute approximate surface area is 124 Å². The van der Waals surface area contributed by atoms with Crippen LogP contribution in [-0.2, 0) is 0 Å². The lowest BCUT2D eigenvalue weighted by atomic mass is 10.1. The Morgan fingerprint density at radius 1 is 1.29 bits per heavy atom. The van der Waals surface area contributed by atoms with Gasteiger partial charge in [-0.2, -0.15) is 5.10 Å². The third kappa shape index (κ3) is 3.31. The fourth-order valence-electron chi connectivity index (χ4n) is 2.58. The molecule has 110 valence electrons. The minimum Gasteiger partial charge on any atom is -0.319 e. The zero-order valence-corrected chi connectivity index (χ0v) is 12.2. The van der Waals surface area contributed by atoms with Crippen molar-refractivity contribution in [2.24, 2.45) is 0 Å². The first-order chi connectivity index (χ1) is 10.2. The van der Waals surface area contributed by atoms with Gasteiger partial charge in [0, 0.05) is 11.8 Å². The number of nitrogens with one attached hydrogen (secondary N) is 2. The Morgan fingerprint density at radius 3 is 2.71 bits per heavy atom. The minimum absolute atomic E-state index is 0.0974. The molecule has 1 aliphatic rings. The maximum Gasteiger partial charge on any atom is 0.255 e. The standard InChI is InChI=1S/C16H20N4O/c1-12-2-4-13(5-3-12)16(21)19-14-10-18-20(11-14)15-6-8-17-9-7-15/h2-5,10-11,15,17H,6-9H2,1H3,(H,19,21). The molecule has 0 saturated carbocycles. The Bertz CT molecular complexity index is 611. The van der Waals surface area contributed by atoms with Crippen molar-refractivity contribution in [1.29, 1.82) is 0 Å². The molecule has 1 saturated heterocycles. The van der Waals surface area contributed by atoms with Crippen LogP contribution in [0.1, 0.15) is 34.8 Å². The van der Waals surface area contributed by atoms with Crippen LogP contribution in [-0.4, -0.2) is 28.8 Å². The highest BCUT2D eigenvalue weighted by molar-refractivity contribution is 6.04. The van der Waals surface area contributed by atoms with Crippen molar-refractivity contribution in [3.63, 3.8) is 0 Å². The third-order valence-electron chi connectivity index (χ3n) is 3.86. The summed E-state index contributed by atoms with van der Waals surface area (Å²) in [6.07, 6.45) is 5.79. The first-order valence-corrected chi connectivity index (χ1v) is 7.35. The third-order valence-corrected chi connectivity index (χ3v) is 3.86. The van der Waals surface area contributed by atoms with E-state index in [1.54, 1.807) is 6.20 Å². The fraction of sp³-hybridized carbons (Fsp3) is 0.375. The van der Waals surface area contributed by atoms with Gasteiger partial charge in [-0.1, -0.05) is 17.7 Å². The Kier molecular flexibility index (Phi) is 4.01. The summed E-state index contributed by atoms with van der Waals surface area (Å²) in [5.41, 5.74) is 2.56. The topological polar surface area (TPSA) is 59.0 Å². The van der Waals surface area contributed by atoms with E-state index in [2.05, 4.69) is 15.7 Å². The summed E-state index contributed by atoms with van der Waals surface area (Å²) in [5.74, 6) is -0.0974. The van der Waals surface area contributed by atoms with Gasteiger partial charge in [-0.05, 0) is 45.0 Å². The number of anilines is 1. The second-order valence-electron chi connectivity index (χ2n) is 5.51. The van der Waals surface area contributed by atoms with Crippen molar-refractivity contribution >= 4 is 11.6 Å². The van der Waals surface area contributed by atoms with Crippen molar-refractivity contribution in [1.82, 2.24) is 15.1 Å². The van der Waals surface area contributed by atoms with E-state index in [-0.39, 0.29) is 5.91 Å². The van der Waals surface area contributed by atoms with Crippen LogP contribution in [0.4, 0.5) is 5.69 Å². The van der Waals surface area contributed by atoms with E-state index >= 15 is 0 Å². The van der Waals surface area contributed by atoms with Gasteiger partial charge in [0.05, 0.1) is 17.9 Å². The summed E-state index contributed by atoms with van der Waals surface area (Å²) in [5, 5.41) is 10.6. The molecule has 1 amide bonds. The monoisotopic (exact) mass is 284 g/mol. The molecule has 2 N–H and O–H groups in total. The molecule has 1 aromatic heterocycles. The van der Waals surface area contributed by atoms with E-state index < -0.39 is 0 Å². The summed E-state index contributed by atoms with van der Waals surface area (Å²) in [6.45, 7) is 4.05. The van der Waals surface area contributed by atoms with E-state index in [0.717, 1.165) is 37.2 Å². The molecule has 21 heavy (non-hydrogen) atoms. The Morgan fingerprint density at radius 2 is 2.00 bits per heavy atom. The SMILES string of the molecule is Cc1ccc(C(=O)Nc2cnn(C3CCNCC3)c2)cc1. The lowest BCUT2D eigenvalue weighted by Gasteiger charge is -2.22. The number of hydrogen-bond donors (Lipinski definition) is 2. The molecule has 2 aromatic rings. The van der Waals surface area contributed by atoms with Crippen molar-refractivity contribution in [2.45, 2.75) is 25.8 Å². The molecule has 0 bridgehead atoms. The first kappa shape index (κ1) is 13.8. The predicted molar refractivity (Wildman–Crippen MR) is 82.5 cm³/mol. The molecule has 0 unspecified atom stereocenters. The summed E-state index contributed by atoms with van der Waals surface area (Å²) < 4.78 is 1.96. The molecule has 0 aliphatic carbocycles. The van der Waals surface area contributed by atoms with E-state index in [1.807, 2.05) is 42.1 Å². The maximum atomic E-state index is 12.2. The van der Waals surface area contributed by atoms with Gasteiger partial charge in [-0.3, -0.25) is 9.48 Å². The number of hydrogen-bond acceptors (Lipinski definition) is 3. The summed E-state index contributed by atoms with van der Waals surface area (Å²) >= 11 is 0. The van der Waals surface area contributed by atoms with Crippen LogP contribution < -0.4 is 10.6 Å². The van der Waals surface area contributed by atoms with Gasteiger partial charge in [0.15, 0.2) is 0 Å². The molecule has 0 spiro atoms. The van der Waals surface area contributed by atoms with Crippen LogP contribution in [0.5, 0.6) is 0 Å². The highest BCUT2D eigenvalue weighted by atomic mass is 16.1. The summed E-state index contributed by atoms with van der Waals surface area (Å²) in [7, 11) is 0. The van der Waals surface area contributed by atoms with E-state index in [0.29, 0.717) is 11.6 Å². The van der Waals surface area contributed by atoms with Gasteiger partial charge in [0.25, 0.3) is 5.91 Å². The number of aromatic nitrogens is 2. The van der Waals surface area contributed by atoms with Crippen LogP contribution in [0.15, 0.2) is 36.7 Å². The number of carbonyl (C=O) groups is 1. The van der Waals surface area contributed by atoms with E-state index in [4.69, 9.17) is 0 Å². The molecule has 2 heterocycles. The summed E-state index contributed by atoms with van der Waals surface area (Å²) in [6, 6.07) is 7.97.